The molecule has 0 N–H and O–H groups in total. The van der Waals surface area contributed by atoms with Gasteiger partial charge in [0.15, 0.2) is 0 Å². The van der Waals surface area contributed by atoms with E-state index in [0.717, 1.165) is 0 Å². The van der Waals surface area contributed by atoms with Gasteiger partial charge in [-0.1, -0.05) is 91.0 Å². The first-order chi connectivity index (χ1) is 13.4. The van der Waals surface area contributed by atoms with Crippen molar-refractivity contribution in [2.75, 3.05) is 0 Å². The van der Waals surface area contributed by atoms with Crippen molar-refractivity contribution in [1.29, 1.82) is 0 Å². The van der Waals surface area contributed by atoms with E-state index in [1.165, 1.54) is 51.9 Å². The maximum Gasteiger partial charge on any atom is -0.00900 e. The molecule has 1 aliphatic carbocycles. The number of hydrogen-bond acceptors (Lipinski definition) is 0. The first-order valence-electron chi connectivity index (χ1n) is 9.90. The highest BCUT2D eigenvalue weighted by Gasteiger charge is 2.21. The molecule has 1 atom stereocenters. The summed E-state index contributed by atoms with van der Waals surface area (Å²) in [4.78, 5) is 0. The van der Waals surface area contributed by atoms with Gasteiger partial charge < -0.3 is 0 Å². The highest BCUT2D eigenvalue weighted by Crippen LogP contribution is 2.39. The van der Waals surface area contributed by atoms with Crippen molar-refractivity contribution in [3.05, 3.63) is 108 Å². The minimum Gasteiger partial charge on any atom is -0.0796 e. The lowest BCUT2D eigenvalue weighted by Crippen LogP contribution is -2.10. The highest BCUT2D eigenvalue weighted by molar-refractivity contribution is 6.08. The lowest BCUT2D eigenvalue weighted by atomic mass is 9.78. The quantitative estimate of drug-likeness (QED) is 0.340. The Balaban J connectivity index is 1.51. The number of rotatable bonds is 3. The van der Waals surface area contributed by atoms with Crippen LogP contribution in [0, 0.1) is 6.42 Å². The van der Waals surface area contributed by atoms with Gasteiger partial charge in [0, 0.05) is 0 Å². The molecular formula is C27H23. The topological polar surface area (TPSA) is 0 Å². The Labute approximate surface area is 161 Å². The predicted molar refractivity (Wildman–Crippen MR) is 117 cm³/mol. The summed E-state index contributed by atoms with van der Waals surface area (Å²) in [6.07, 6.45) is 10.5. The molecule has 0 spiro atoms. The average Bonchev–Trinajstić information content (AvgIpc) is 2.74. The van der Waals surface area contributed by atoms with Gasteiger partial charge in [-0.3, -0.25) is 0 Å². The van der Waals surface area contributed by atoms with Crippen molar-refractivity contribution in [3.8, 4) is 0 Å². The van der Waals surface area contributed by atoms with Crippen LogP contribution in [0.1, 0.15) is 35.4 Å². The van der Waals surface area contributed by atoms with E-state index in [9.17, 15) is 0 Å². The molecule has 0 amide bonds. The second-order valence-corrected chi connectivity index (χ2v) is 7.48. The molecule has 0 fully saturated rings. The van der Waals surface area contributed by atoms with Crippen LogP contribution in [0.3, 0.4) is 0 Å². The number of benzene rings is 4. The molecule has 0 heteroatoms. The van der Waals surface area contributed by atoms with Crippen molar-refractivity contribution in [1.82, 2.24) is 0 Å². The van der Waals surface area contributed by atoms with Crippen LogP contribution >= 0.6 is 0 Å². The molecule has 4 aromatic rings. The van der Waals surface area contributed by atoms with Gasteiger partial charge >= 0.3 is 0 Å². The standard InChI is InChI=1S/C27H23/c1-2-8-20(9-3-1)10-6-12-21-13-7-15-25-24(21)18-19-26-23-14-5-4-11-22(23)16-17-27(25)26/h1-6,8-12,14,16-19,21H,7,13,15H2/b10-6+. The number of aryl methyl sites for hydroxylation is 1. The Morgan fingerprint density at radius 2 is 1.52 bits per heavy atom. The third kappa shape index (κ3) is 3.06. The summed E-state index contributed by atoms with van der Waals surface area (Å²) in [5.41, 5.74) is 4.33. The summed E-state index contributed by atoms with van der Waals surface area (Å²) < 4.78 is 0. The van der Waals surface area contributed by atoms with Crippen LogP contribution in [0.2, 0.25) is 0 Å². The van der Waals surface area contributed by atoms with Gasteiger partial charge in [0.1, 0.15) is 0 Å². The first kappa shape index (κ1) is 16.3. The van der Waals surface area contributed by atoms with E-state index in [-0.39, 0.29) is 0 Å². The summed E-state index contributed by atoms with van der Waals surface area (Å²) >= 11 is 0. The second kappa shape index (κ2) is 7.04. The highest BCUT2D eigenvalue weighted by atomic mass is 14.3. The zero-order chi connectivity index (χ0) is 18.1. The van der Waals surface area contributed by atoms with Crippen molar-refractivity contribution >= 4 is 27.6 Å². The smallest absolute Gasteiger partial charge is 0.00900 e. The summed E-state index contributed by atoms with van der Waals surface area (Å²) in [6, 6.07) is 28.6. The molecular weight excluding hydrogens is 324 g/mol. The Kier molecular flexibility index (Phi) is 4.26. The summed E-state index contributed by atoms with van der Waals surface area (Å²) in [5, 5.41) is 5.53. The SMILES string of the molecule is [CH](/C=C/c1ccccc1)C1CCCc2c1ccc1c2ccc2ccccc21. The Hall–Kier alpha value is -2.86. The molecule has 0 aliphatic heterocycles. The monoisotopic (exact) mass is 347 g/mol. The Bertz CT molecular complexity index is 1120. The zero-order valence-corrected chi connectivity index (χ0v) is 15.4. The molecule has 1 unspecified atom stereocenters. The molecule has 0 saturated heterocycles. The third-order valence-electron chi connectivity index (χ3n) is 5.85. The predicted octanol–water partition coefficient (Wildman–Crippen LogP) is 7.33. The molecule has 1 aliphatic rings. The van der Waals surface area contributed by atoms with Gasteiger partial charge in [-0.05, 0) is 69.8 Å². The molecule has 0 bridgehead atoms. The Morgan fingerprint density at radius 3 is 2.44 bits per heavy atom. The van der Waals surface area contributed by atoms with Crippen LogP contribution in [0.25, 0.3) is 27.6 Å². The molecule has 131 valence electrons. The van der Waals surface area contributed by atoms with E-state index in [0.29, 0.717) is 5.92 Å². The van der Waals surface area contributed by atoms with Crippen molar-refractivity contribution < 1.29 is 0 Å². The van der Waals surface area contributed by atoms with Crippen LogP contribution in [-0.2, 0) is 6.42 Å². The molecule has 0 aromatic heterocycles. The maximum atomic E-state index is 2.39. The molecule has 1 radical (unpaired) electrons. The van der Waals surface area contributed by atoms with Crippen molar-refractivity contribution in [2.24, 2.45) is 0 Å². The second-order valence-electron chi connectivity index (χ2n) is 7.48. The lowest BCUT2D eigenvalue weighted by molar-refractivity contribution is 0.615. The fourth-order valence-corrected chi connectivity index (χ4v) is 4.51. The summed E-state index contributed by atoms with van der Waals surface area (Å²) in [5.74, 6) is 0.518. The van der Waals surface area contributed by atoms with Gasteiger partial charge in [-0.25, -0.2) is 0 Å². The van der Waals surface area contributed by atoms with E-state index in [1.807, 2.05) is 0 Å². The van der Waals surface area contributed by atoms with Crippen LogP contribution in [0.4, 0.5) is 0 Å². The minimum absolute atomic E-state index is 0.518. The van der Waals surface area contributed by atoms with Crippen LogP contribution < -0.4 is 0 Å². The van der Waals surface area contributed by atoms with Crippen molar-refractivity contribution in [2.45, 2.75) is 25.2 Å². The maximum absolute atomic E-state index is 2.39. The largest absolute Gasteiger partial charge is 0.0796 e. The molecule has 0 heterocycles. The van der Waals surface area contributed by atoms with E-state index in [2.05, 4.69) is 97.4 Å². The van der Waals surface area contributed by atoms with E-state index < -0.39 is 0 Å². The molecule has 5 rings (SSSR count). The number of hydrogen-bond donors (Lipinski definition) is 0. The van der Waals surface area contributed by atoms with Gasteiger partial charge in [0.25, 0.3) is 0 Å². The van der Waals surface area contributed by atoms with Crippen LogP contribution in [0.5, 0.6) is 0 Å². The van der Waals surface area contributed by atoms with Crippen LogP contribution in [0.15, 0.2) is 84.9 Å². The van der Waals surface area contributed by atoms with E-state index >= 15 is 0 Å². The Morgan fingerprint density at radius 1 is 0.704 bits per heavy atom. The van der Waals surface area contributed by atoms with Gasteiger partial charge in [0.05, 0.1) is 0 Å². The summed E-state index contributed by atoms with van der Waals surface area (Å²) in [6.45, 7) is 0. The van der Waals surface area contributed by atoms with Gasteiger partial charge in [-0.15, -0.1) is 0 Å². The van der Waals surface area contributed by atoms with Gasteiger partial charge in [-0.2, -0.15) is 0 Å². The molecule has 0 nitrogen and oxygen atoms in total. The van der Waals surface area contributed by atoms with Gasteiger partial charge in [0.2, 0.25) is 0 Å². The zero-order valence-electron chi connectivity index (χ0n) is 15.4. The first-order valence-corrected chi connectivity index (χ1v) is 9.90. The normalized spacial score (nSPS) is 16.8. The van der Waals surface area contributed by atoms with E-state index in [4.69, 9.17) is 0 Å². The average molecular weight is 347 g/mol. The number of fused-ring (bicyclic) bond motifs is 5. The molecule has 0 saturated carbocycles. The molecule has 4 aromatic carbocycles. The number of allylic oxidation sites excluding steroid dienone is 1. The fourth-order valence-electron chi connectivity index (χ4n) is 4.51. The molecule has 27 heavy (non-hydrogen) atoms. The van der Waals surface area contributed by atoms with E-state index in [1.54, 1.807) is 5.56 Å². The fraction of sp³-hybridized carbons (Fsp3) is 0.148. The van der Waals surface area contributed by atoms with Crippen LogP contribution in [-0.4, -0.2) is 0 Å². The summed E-state index contributed by atoms with van der Waals surface area (Å²) in [7, 11) is 0. The third-order valence-corrected chi connectivity index (χ3v) is 5.85. The minimum atomic E-state index is 0.518. The lowest BCUT2D eigenvalue weighted by Gasteiger charge is -2.26. The van der Waals surface area contributed by atoms with Crippen molar-refractivity contribution in [3.63, 3.8) is 0 Å².